The van der Waals surface area contributed by atoms with Crippen LogP contribution in [0.4, 0.5) is 0 Å². The molecule has 1 saturated heterocycles. The fourth-order valence-electron chi connectivity index (χ4n) is 4.50. The summed E-state index contributed by atoms with van der Waals surface area (Å²) in [5, 5.41) is 17.0. The Morgan fingerprint density at radius 3 is 2.61 bits per heavy atom. The van der Waals surface area contributed by atoms with Gasteiger partial charge in [-0.25, -0.2) is 0 Å². The van der Waals surface area contributed by atoms with Crippen molar-refractivity contribution in [1.29, 1.82) is 0 Å². The number of hydrazone groups is 1. The topological polar surface area (TPSA) is 110 Å². The molecule has 1 fully saturated rings. The number of carbonyl (C=O) groups is 1. The van der Waals surface area contributed by atoms with Gasteiger partial charge in [-0.15, -0.1) is 0 Å². The SMILES string of the molecule is NN=Cc1ccc(C2=NOC(CC3(OCc4ccccc4)CCN(CC(=O)O)CC3)C2)cc1. The van der Waals surface area contributed by atoms with Gasteiger partial charge in [-0.1, -0.05) is 59.8 Å². The van der Waals surface area contributed by atoms with E-state index in [4.69, 9.17) is 20.5 Å². The number of hydrogen-bond donors (Lipinski definition) is 2. The molecule has 0 spiro atoms. The number of hydrogen-bond acceptors (Lipinski definition) is 7. The van der Waals surface area contributed by atoms with Gasteiger partial charge >= 0.3 is 5.97 Å². The molecule has 0 bridgehead atoms. The van der Waals surface area contributed by atoms with E-state index in [1.54, 1.807) is 6.21 Å². The van der Waals surface area contributed by atoms with E-state index < -0.39 is 5.97 Å². The van der Waals surface area contributed by atoms with Crippen molar-refractivity contribution in [2.75, 3.05) is 19.6 Å². The van der Waals surface area contributed by atoms with Crippen molar-refractivity contribution in [1.82, 2.24) is 4.90 Å². The Morgan fingerprint density at radius 1 is 1.21 bits per heavy atom. The molecule has 174 valence electrons. The number of oxime groups is 1. The molecule has 0 saturated carbocycles. The van der Waals surface area contributed by atoms with E-state index in [1.165, 1.54) is 0 Å². The molecule has 33 heavy (non-hydrogen) atoms. The number of nitrogens with zero attached hydrogens (tertiary/aromatic N) is 3. The molecule has 2 aromatic rings. The number of benzene rings is 2. The van der Waals surface area contributed by atoms with Crippen molar-refractivity contribution in [3.05, 3.63) is 71.3 Å². The van der Waals surface area contributed by atoms with Crippen LogP contribution >= 0.6 is 0 Å². The highest BCUT2D eigenvalue weighted by Gasteiger charge is 2.40. The van der Waals surface area contributed by atoms with Crippen molar-refractivity contribution < 1.29 is 19.5 Å². The molecular weight excluding hydrogens is 420 g/mol. The maximum Gasteiger partial charge on any atom is 0.317 e. The number of carboxylic acids is 1. The number of nitrogens with two attached hydrogens (primary N) is 1. The monoisotopic (exact) mass is 450 g/mol. The van der Waals surface area contributed by atoms with Gasteiger partial charge in [0.1, 0.15) is 6.10 Å². The normalized spacial score (nSPS) is 20.5. The molecule has 2 aromatic carbocycles. The summed E-state index contributed by atoms with van der Waals surface area (Å²) in [5.74, 6) is 4.42. The molecule has 8 nitrogen and oxygen atoms in total. The van der Waals surface area contributed by atoms with E-state index in [2.05, 4.69) is 22.4 Å². The molecule has 0 radical (unpaired) electrons. The van der Waals surface area contributed by atoms with Gasteiger partial charge in [0.15, 0.2) is 0 Å². The molecular formula is C25H30N4O4. The van der Waals surface area contributed by atoms with Crippen LogP contribution in [-0.4, -0.2) is 59.2 Å². The third kappa shape index (κ3) is 6.18. The van der Waals surface area contributed by atoms with Gasteiger partial charge < -0.3 is 20.5 Å². The van der Waals surface area contributed by atoms with Crippen LogP contribution in [-0.2, 0) is 21.0 Å². The number of carboxylic acid groups (broad SMARTS) is 1. The number of ether oxygens (including phenoxy) is 1. The van der Waals surface area contributed by atoms with Crippen LogP contribution in [0.3, 0.4) is 0 Å². The molecule has 0 aliphatic carbocycles. The Labute approximate surface area is 193 Å². The maximum atomic E-state index is 11.1. The molecule has 0 aromatic heterocycles. The minimum atomic E-state index is -0.798. The predicted molar refractivity (Wildman–Crippen MR) is 126 cm³/mol. The zero-order chi connectivity index (χ0) is 23.1. The van der Waals surface area contributed by atoms with Gasteiger partial charge in [0.05, 0.1) is 30.7 Å². The van der Waals surface area contributed by atoms with E-state index >= 15 is 0 Å². The first kappa shape index (κ1) is 22.9. The largest absolute Gasteiger partial charge is 0.480 e. The lowest BCUT2D eigenvalue weighted by molar-refractivity contribution is -0.143. The molecule has 8 heteroatoms. The quantitative estimate of drug-likeness (QED) is 0.345. The number of piperidine rings is 1. The van der Waals surface area contributed by atoms with Crippen LogP contribution < -0.4 is 5.84 Å². The molecule has 2 aliphatic rings. The Balaban J connectivity index is 1.40. The van der Waals surface area contributed by atoms with Crippen LogP contribution in [0.25, 0.3) is 0 Å². The van der Waals surface area contributed by atoms with Crippen molar-refractivity contribution in [2.24, 2.45) is 16.1 Å². The summed E-state index contributed by atoms with van der Waals surface area (Å²) in [4.78, 5) is 18.9. The third-order valence-electron chi connectivity index (χ3n) is 6.31. The average molecular weight is 451 g/mol. The van der Waals surface area contributed by atoms with E-state index in [0.29, 0.717) is 32.5 Å². The van der Waals surface area contributed by atoms with Gasteiger partial charge in [-0.3, -0.25) is 9.69 Å². The van der Waals surface area contributed by atoms with Crippen LogP contribution in [0.1, 0.15) is 42.4 Å². The first-order valence-corrected chi connectivity index (χ1v) is 11.2. The van der Waals surface area contributed by atoms with E-state index in [-0.39, 0.29) is 18.2 Å². The lowest BCUT2D eigenvalue weighted by atomic mass is 9.84. The average Bonchev–Trinajstić information content (AvgIpc) is 3.29. The highest BCUT2D eigenvalue weighted by Crippen LogP contribution is 2.35. The summed E-state index contributed by atoms with van der Waals surface area (Å²) in [6.07, 6.45) is 4.47. The van der Waals surface area contributed by atoms with Crippen LogP contribution in [0.5, 0.6) is 0 Å². The summed E-state index contributed by atoms with van der Waals surface area (Å²) < 4.78 is 6.52. The smallest absolute Gasteiger partial charge is 0.317 e. The highest BCUT2D eigenvalue weighted by atomic mass is 16.6. The summed E-state index contributed by atoms with van der Waals surface area (Å²) in [7, 11) is 0. The first-order chi connectivity index (χ1) is 16.0. The summed E-state index contributed by atoms with van der Waals surface area (Å²) in [5.41, 5.74) is 3.61. The van der Waals surface area contributed by atoms with Crippen LogP contribution in [0, 0.1) is 0 Å². The minimum absolute atomic E-state index is 0.0623. The second kappa shape index (κ2) is 10.6. The van der Waals surface area contributed by atoms with E-state index in [9.17, 15) is 4.79 Å². The second-order valence-electron chi connectivity index (χ2n) is 8.70. The first-order valence-electron chi connectivity index (χ1n) is 11.2. The van der Waals surface area contributed by atoms with Crippen LogP contribution in [0.15, 0.2) is 64.9 Å². The lowest BCUT2D eigenvalue weighted by Crippen LogP contribution is -2.49. The molecule has 4 rings (SSSR count). The van der Waals surface area contributed by atoms with Crippen molar-refractivity contribution >= 4 is 17.9 Å². The predicted octanol–water partition coefficient (Wildman–Crippen LogP) is 3.00. The third-order valence-corrected chi connectivity index (χ3v) is 6.31. The Hall–Kier alpha value is -3.23. The van der Waals surface area contributed by atoms with Crippen molar-refractivity contribution in [3.63, 3.8) is 0 Å². The maximum absolute atomic E-state index is 11.1. The second-order valence-corrected chi connectivity index (χ2v) is 8.70. The van der Waals surface area contributed by atoms with Gasteiger partial charge in [0.25, 0.3) is 0 Å². The number of aliphatic carboxylic acids is 1. The summed E-state index contributed by atoms with van der Waals surface area (Å²) >= 11 is 0. The Kier molecular flexibility index (Phi) is 7.36. The van der Waals surface area contributed by atoms with Gasteiger partial charge in [-0.05, 0) is 29.5 Å². The Morgan fingerprint density at radius 2 is 1.94 bits per heavy atom. The van der Waals surface area contributed by atoms with Gasteiger partial charge in [-0.2, -0.15) is 5.10 Å². The van der Waals surface area contributed by atoms with Crippen molar-refractivity contribution in [3.8, 4) is 0 Å². The fraction of sp³-hybridized carbons (Fsp3) is 0.400. The van der Waals surface area contributed by atoms with Gasteiger partial charge in [0.2, 0.25) is 0 Å². The summed E-state index contributed by atoms with van der Waals surface area (Å²) in [6, 6.07) is 18.0. The molecule has 1 unspecified atom stereocenters. The Bertz CT molecular complexity index is 983. The zero-order valence-electron chi connectivity index (χ0n) is 18.6. The standard InChI is InChI=1S/C25H30N4O4/c26-27-16-19-6-8-21(9-7-19)23-14-22(33-28-23)15-25(32-18-20-4-2-1-3-5-20)10-12-29(13-11-25)17-24(30)31/h1-9,16,22H,10-15,17-18,26H2,(H,30,31). The molecule has 2 aliphatic heterocycles. The minimum Gasteiger partial charge on any atom is -0.480 e. The molecule has 0 amide bonds. The molecule has 2 heterocycles. The summed E-state index contributed by atoms with van der Waals surface area (Å²) in [6.45, 7) is 1.95. The molecule has 1 atom stereocenters. The lowest BCUT2D eigenvalue weighted by Gasteiger charge is -2.42. The van der Waals surface area contributed by atoms with E-state index in [0.717, 1.165) is 35.2 Å². The van der Waals surface area contributed by atoms with Gasteiger partial charge in [0, 0.05) is 25.9 Å². The van der Waals surface area contributed by atoms with E-state index in [1.807, 2.05) is 47.4 Å². The number of likely N-dealkylation sites (tertiary alicyclic amines) is 1. The molecule has 3 N–H and O–H groups in total. The van der Waals surface area contributed by atoms with Crippen molar-refractivity contribution in [2.45, 2.75) is 44.0 Å². The zero-order valence-corrected chi connectivity index (χ0v) is 18.6. The highest BCUT2D eigenvalue weighted by molar-refractivity contribution is 6.01. The number of rotatable bonds is 9. The van der Waals surface area contributed by atoms with Crippen LogP contribution in [0.2, 0.25) is 0 Å². The fourth-order valence-corrected chi connectivity index (χ4v) is 4.50.